The number of pyridine rings is 1. The molecule has 2 aromatic heterocycles. The minimum absolute atomic E-state index is 0.0283. The predicted octanol–water partition coefficient (Wildman–Crippen LogP) is 2.04. The van der Waals surface area contributed by atoms with Gasteiger partial charge in [-0.05, 0) is 13.0 Å². The molecule has 0 radical (unpaired) electrons. The smallest absolute Gasteiger partial charge is 0.141 e. The number of aromatic nitrogens is 2. The molecule has 5 nitrogen and oxygen atoms in total. The topological polar surface area (TPSA) is 71.2 Å². The third-order valence-corrected chi connectivity index (χ3v) is 2.92. The molecule has 0 aliphatic rings. The fourth-order valence-corrected chi connectivity index (χ4v) is 1.85. The minimum Gasteiger partial charge on any atom is -0.392 e. The zero-order valence-corrected chi connectivity index (χ0v) is 10.6. The molecular weight excluding hydrogens is 230 g/mol. The minimum atomic E-state index is -0.0283. The highest BCUT2D eigenvalue weighted by Gasteiger charge is 2.11. The highest BCUT2D eigenvalue weighted by Crippen LogP contribution is 2.18. The van der Waals surface area contributed by atoms with Crippen molar-refractivity contribution in [2.45, 2.75) is 33.4 Å². The second-order valence-electron chi connectivity index (χ2n) is 4.07. The summed E-state index contributed by atoms with van der Waals surface area (Å²) in [6.07, 6.45) is 4.17. The van der Waals surface area contributed by atoms with Crippen LogP contribution in [-0.4, -0.2) is 15.2 Å². The van der Waals surface area contributed by atoms with Crippen molar-refractivity contribution in [1.82, 2.24) is 10.1 Å². The van der Waals surface area contributed by atoms with Gasteiger partial charge < -0.3 is 14.9 Å². The summed E-state index contributed by atoms with van der Waals surface area (Å²) in [5, 5.41) is 16.5. The predicted molar refractivity (Wildman–Crippen MR) is 68.1 cm³/mol. The summed E-state index contributed by atoms with van der Waals surface area (Å²) in [4.78, 5) is 3.98. The molecule has 0 saturated carbocycles. The molecule has 18 heavy (non-hydrogen) atoms. The van der Waals surface area contributed by atoms with Crippen molar-refractivity contribution in [3.63, 3.8) is 0 Å². The number of rotatable bonds is 5. The van der Waals surface area contributed by atoms with Gasteiger partial charge in [-0.1, -0.05) is 12.1 Å². The van der Waals surface area contributed by atoms with E-state index < -0.39 is 0 Å². The Morgan fingerprint density at radius 2 is 2.28 bits per heavy atom. The number of aryl methyl sites for hydroxylation is 2. The Balaban J connectivity index is 2.13. The Bertz CT molecular complexity index is 523. The van der Waals surface area contributed by atoms with Gasteiger partial charge in [0.15, 0.2) is 0 Å². The third-order valence-electron chi connectivity index (χ3n) is 2.92. The summed E-state index contributed by atoms with van der Waals surface area (Å²) >= 11 is 0. The van der Waals surface area contributed by atoms with Gasteiger partial charge in [0.2, 0.25) is 0 Å². The van der Waals surface area contributed by atoms with Crippen LogP contribution in [0.5, 0.6) is 0 Å². The number of nitrogens with one attached hydrogen (secondary N) is 1. The molecule has 0 fully saturated rings. The average Bonchev–Trinajstić information content (AvgIpc) is 2.77. The first kappa shape index (κ1) is 12.6. The van der Waals surface area contributed by atoms with E-state index in [9.17, 15) is 5.11 Å². The van der Waals surface area contributed by atoms with Crippen molar-refractivity contribution in [3.05, 3.63) is 41.0 Å². The van der Waals surface area contributed by atoms with Crippen LogP contribution in [-0.2, 0) is 19.6 Å². The molecule has 0 bridgehead atoms. The van der Waals surface area contributed by atoms with E-state index in [1.54, 1.807) is 12.4 Å². The summed E-state index contributed by atoms with van der Waals surface area (Å²) in [5.41, 5.74) is 3.65. The first-order valence-electron chi connectivity index (χ1n) is 5.97. The van der Waals surface area contributed by atoms with Crippen LogP contribution >= 0.6 is 0 Å². The lowest BCUT2D eigenvalue weighted by Gasteiger charge is -2.09. The lowest BCUT2D eigenvalue weighted by Crippen LogP contribution is -2.05. The lowest BCUT2D eigenvalue weighted by atomic mass is 10.1. The number of aliphatic hydroxyl groups is 1. The van der Waals surface area contributed by atoms with Crippen LogP contribution in [0.2, 0.25) is 0 Å². The lowest BCUT2D eigenvalue weighted by molar-refractivity contribution is 0.282. The van der Waals surface area contributed by atoms with Gasteiger partial charge in [0.25, 0.3) is 0 Å². The van der Waals surface area contributed by atoms with Gasteiger partial charge in [-0.15, -0.1) is 0 Å². The standard InChI is InChI=1S/C13H17N3O2/c1-3-13-11(9(2)16-18-13)7-15-12-4-5-14-6-10(12)8-17/h4-6,17H,3,7-8H2,1-2H3,(H,14,15). The van der Waals surface area contributed by atoms with Crippen LogP contribution in [0.4, 0.5) is 5.69 Å². The largest absolute Gasteiger partial charge is 0.392 e. The molecule has 0 aromatic carbocycles. The van der Waals surface area contributed by atoms with Crippen LogP contribution in [0, 0.1) is 6.92 Å². The Morgan fingerprint density at radius 1 is 1.44 bits per heavy atom. The summed E-state index contributed by atoms with van der Waals surface area (Å²) in [5.74, 6) is 0.902. The van der Waals surface area contributed by atoms with E-state index in [0.29, 0.717) is 6.54 Å². The van der Waals surface area contributed by atoms with Gasteiger partial charge >= 0.3 is 0 Å². The molecule has 2 aromatic rings. The molecule has 5 heteroatoms. The molecule has 0 saturated heterocycles. The fourth-order valence-electron chi connectivity index (χ4n) is 1.85. The van der Waals surface area contributed by atoms with Gasteiger partial charge in [-0.25, -0.2) is 0 Å². The molecule has 0 atom stereocenters. The zero-order chi connectivity index (χ0) is 13.0. The van der Waals surface area contributed by atoms with E-state index in [1.165, 1.54) is 0 Å². The monoisotopic (exact) mass is 247 g/mol. The SMILES string of the molecule is CCc1onc(C)c1CNc1ccncc1CO. The molecular formula is C13H17N3O2. The number of hydrogen-bond donors (Lipinski definition) is 2. The van der Waals surface area contributed by atoms with Crippen LogP contribution < -0.4 is 5.32 Å². The van der Waals surface area contributed by atoms with E-state index in [4.69, 9.17) is 4.52 Å². The van der Waals surface area contributed by atoms with Crippen molar-refractivity contribution in [1.29, 1.82) is 0 Å². The molecule has 0 aliphatic carbocycles. The van der Waals surface area contributed by atoms with Crippen molar-refractivity contribution in [2.75, 3.05) is 5.32 Å². The normalized spacial score (nSPS) is 10.6. The number of hydrogen-bond acceptors (Lipinski definition) is 5. The molecule has 0 spiro atoms. The fraction of sp³-hybridized carbons (Fsp3) is 0.385. The molecule has 0 aliphatic heterocycles. The number of aliphatic hydroxyl groups excluding tert-OH is 1. The molecule has 96 valence electrons. The van der Waals surface area contributed by atoms with Gasteiger partial charge in [0.1, 0.15) is 5.76 Å². The van der Waals surface area contributed by atoms with Gasteiger partial charge in [-0.3, -0.25) is 4.98 Å². The highest BCUT2D eigenvalue weighted by molar-refractivity contribution is 5.49. The van der Waals surface area contributed by atoms with E-state index in [-0.39, 0.29) is 6.61 Å². The van der Waals surface area contributed by atoms with Crippen molar-refractivity contribution < 1.29 is 9.63 Å². The molecule has 2 N–H and O–H groups in total. The van der Waals surface area contributed by atoms with Crippen LogP contribution in [0.1, 0.15) is 29.5 Å². The first-order valence-corrected chi connectivity index (χ1v) is 5.97. The Morgan fingerprint density at radius 3 is 3.00 bits per heavy atom. The Labute approximate surface area is 106 Å². The van der Waals surface area contributed by atoms with Crippen molar-refractivity contribution in [2.24, 2.45) is 0 Å². The molecule has 2 rings (SSSR count). The van der Waals surface area contributed by atoms with Crippen LogP contribution in [0.15, 0.2) is 23.0 Å². The van der Waals surface area contributed by atoms with Gasteiger partial charge in [0, 0.05) is 42.2 Å². The maximum absolute atomic E-state index is 9.22. The summed E-state index contributed by atoms with van der Waals surface area (Å²) < 4.78 is 5.24. The first-order chi connectivity index (χ1) is 8.76. The quantitative estimate of drug-likeness (QED) is 0.846. The van der Waals surface area contributed by atoms with E-state index >= 15 is 0 Å². The summed E-state index contributed by atoms with van der Waals surface area (Å²) in [6, 6.07) is 1.85. The number of anilines is 1. The van der Waals surface area contributed by atoms with Crippen LogP contribution in [0.3, 0.4) is 0 Å². The third kappa shape index (κ3) is 2.51. The maximum atomic E-state index is 9.22. The van der Waals surface area contributed by atoms with E-state index in [0.717, 1.165) is 34.7 Å². The van der Waals surface area contributed by atoms with Crippen molar-refractivity contribution >= 4 is 5.69 Å². The molecule has 0 amide bonds. The van der Waals surface area contributed by atoms with E-state index in [2.05, 4.69) is 15.5 Å². The second kappa shape index (κ2) is 5.64. The molecule has 2 heterocycles. The Hall–Kier alpha value is -1.88. The second-order valence-corrected chi connectivity index (χ2v) is 4.07. The maximum Gasteiger partial charge on any atom is 0.141 e. The number of nitrogens with zero attached hydrogens (tertiary/aromatic N) is 2. The summed E-state index contributed by atoms with van der Waals surface area (Å²) in [6.45, 7) is 4.57. The summed E-state index contributed by atoms with van der Waals surface area (Å²) in [7, 11) is 0. The van der Waals surface area contributed by atoms with Crippen LogP contribution in [0.25, 0.3) is 0 Å². The highest BCUT2D eigenvalue weighted by atomic mass is 16.5. The average molecular weight is 247 g/mol. The zero-order valence-electron chi connectivity index (χ0n) is 10.6. The van der Waals surface area contributed by atoms with Gasteiger partial charge in [0.05, 0.1) is 12.3 Å². The molecule has 0 unspecified atom stereocenters. The van der Waals surface area contributed by atoms with E-state index in [1.807, 2.05) is 19.9 Å². The van der Waals surface area contributed by atoms with Crippen molar-refractivity contribution in [3.8, 4) is 0 Å². The Kier molecular flexibility index (Phi) is 3.94. The van der Waals surface area contributed by atoms with Gasteiger partial charge in [-0.2, -0.15) is 0 Å².